The first-order chi connectivity index (χ1) is 14.8. The fraction of sp³-hybridized carbons (Fsp3) is 0.190. The van der Waals surface area contributed by atoms with E-state index >= 15 is 0 Å². The highest BCUT2D eigenvalue weighted by Gasteiger charge is 2.26. The zero-order chi connectivity index (χ0) is 22.9. The lowest BCUT2D eigenvalue weighted by atomic mass is 10.2. The van der Waals surface area contributed by atoms with Crippen LogP contribution < -0.4 is 9.62 Å². The number of carbonyl (C=O) groups excluding carboxylic acids is 2. The standard InChI is InChI=1S/C21H20ClN3O5S/c1-2-13-25(16-7-4-3-5-8-16)31(28,29)17-9-10-19(22)18(14-17)21(27)30-15-20(26)24-12-6-11-23/h2-5,7-10,14H,1,6,12-13,15H2,(H,24,26). The van der Waals surface area contributed by atoms with Crippen LogP contribution >= 0.6 is 11.6 Å². The monoisotopic (exact) mass is 461 g/mol. The SMILES string of the molecule is C=CCN(c1ccccc1)S(=O)(=O)c1ccc(Cl)c(C(=O)OCC(=O)NCCC#N)c1. The van der Waals surface area contributed by atoms with Crippen molar-refractivity contribution in [3.63, 3.8) is 0 Å². The lowest BCUT2D eigenvalue weighted by molar-refractivity contribution is -0.124. The molecule has 162 valence electrons. The van der Waals surface area contributed by atoms with Crippen LogP contribution in [-0.4, -0.2) is 40.0 Å². The molecule has 0 aliphatic heterocycles. The smallest absolute Gasteiger partial charge is 0.340 e. The molecular formula is C21H20ClN3O5S. The van der Waals surface area contributed by atoms with E-state index in [-0.39, 0.29) is 35.0 Å². The molecule has 2 rings (SSSR count). The van der Waals surface area contributed by atoms with Crippen LogP contribution in [0.25, 0.3) is 0 Å². The Morgan fingerprint density at radius 2 is 1.94 bits per heavy atom. The molecule has 0 heterocycles. The number of halogens is 1. The average Bonchev–Trinajstić information content (AvgIpc) is 2.76. The normalized spacial score (nSPS) is 10.6. The second-order valence-electron chi connectivity index (χ2n) is 6.14. The third kappa shape index (κ3) is 6.31. The third-order valence-corrected chi connectivity index (χ3v) is 6.10. The van der Waals surface area contributed by atoms with Gasteiger partial charge < -0.3 is 10.1 Å². The molecule has 1 amide bonds. The van der Waals surface area contributed by atoms with Crippen molar-refractivity contribution in [1.29, 1.82) is 5.26 Å². The van der Waals surface area contributed by atoms with E-state index in [1.807, 2.05) is 6.07 Å². The van der Waals surface area contributed by atoms with Crippen molar-refractivity contribution < 1.29 is 22.7 Å². The second-order valence-corrected chi connectivity index (χ2v) is 8.41. The topological polar surface area (TPSA) is 117 Å². The lowest BCUT2D eigenvalue weighted by Crippen LogP contribution is -2.31. The van der Waals surface area contributed by atoms with Crippen molar-refractivity contribution >= 4 is 39.2 Å². The fourth-order valence-corrected chi connectivity index (χ4v) is 4.18. The largest absolute Gasteiger partial charge is 0.452 e. The van der Waals surface area contributed by atoms with Crippen molar-refractivity contribution in [2.24, 2.45) is 0 Å². The number of hydrogen-bond acceptors (Lipinski definition) is 6. The van der Waals surface area contributed by atoms with Gasteiger partial charge >= 0.3 is 5.97 Å². The van der Waals surface area contributed by atoms with E-state index in [0.29, 0.717) is 5.69 Å². The van der Waals surface area contributed by atoms with Crippen LogP contribution in [0.2, 0.25) is 5.02 Å². The quantitative estimate of drug-likeness (QED) is 0.330. The maximum Gasteiger partial charge on any atom is 0.340 e. The van der Waals surface area contributed by atoms with E-state index in [1.54, 1.807) is 30.3 Å². The van der Waals surface area contributed by atoms with E-state index in [1.165, 1.54) is 18.2 Å². The Labute approximate surface area is 185 Å². The summed E-state index contributed by atoms with van der Waals surface area (Å²) in [5.41, 5.74) is 0.231. The van der Waals surface area contributed by atoms with Gasteiger partial charge in [0, 0.05) is 6.54 Å². The number of para-hydroxylation sites is 1. The minimum Gasteiger partial charge on any atom is -0.452 e. The van der Waals surface area contributed by atoms with E-state index in [0.717, 1.165) is 10.4 Å². The molecular weight excluding hydrogens is 442 g/mol. The van der Waals surface area contributed by atoms with Gasteiger partial charge in [-0.2, -0.15) is 5.26 Å². The summed E-state index contributed by atoms with van der Waals surface area (Å²) in [6.07, 6.45) is 1.56. The number of hydrogen-bond donors (Lipinski definition) is 1. The number of rotatable bonds is 10. The van der Waals surface area contributed by atoms with E-state index in [2.05, 4.69) is 11.9 Å². The van der Waals surface area contributed by atoms with Crippen LogP contribution in [0.1, 0.15) is 16.8 Å². The highest BCUT2D eigenvalue weighted by Crippen LogP contribution is 2.27. The first kappa shape index (κ1) is 23.9. The number of anilines is 1. The third-order valence-electron chi connectivity index (χ3n) is 3.98. The van der Waals surface area contributed by atoms with Crippen molar-refractivity contribution in [3.05, 3.63) is 71.8 Å². The van der Waals surface area contributed by atoms with Crippen LogP contribution in [0.4, 0.5) is 5.69 Å². The average molecular weight is 462 g/mol. The summed E-state index contributed by atoms with van der Waals surface area (Å²) in [5, 5.41) is 10.8. The number of amides is 1. The molecule has 2 aromatic carbocycles. The number of esters is 1. The molecule has 1 N–H and O–H groups in total. The van der Waals surface area contributed by atoms with Crippen LogP contribution in [0.3, 0.4) is 0 Å². The molecule has 0 aromatic heterocycles. The molecule has 0 atom stereocenters. The van der Waals surface area contributed by atoms with Crippen LogP contribution in [0, 0.1) is 11.3 Å². The maximum absolute atomic E-state index is 13.2. The first-order valence-corrected chi connectivity index (χ1v) is 10.9. The highest BCUT2D eigenvalue weighted by molar-refractivity contribution is 7.92. The molecule has 31 heavy (non-hydrogen) atoms. The molecule has 0 fully saturated rings. The van der Waals surface area contributed by atoms with Crippen molar-refractivity contribution in [2.75, 3.05) is 24.0 Å². The minimum absolute atomic E-state index is 0.0115. The van der Waals surface area contributed by atoms with Gasteiger partial charge in [-0.15, -0.1) is 6.58 Å². The van der Waals surface area contributed by atoms with Crippen molar-refractivity contribution in [2.45, 2.75) is 11.3 Å². The van der Waals surface area contributed by atoms with Crippen LogP contribution in [0.5, 0.6) is 0 Å². The number of nitriles is 1. The molecule has 8 nitrogen and oxygen atoms in total. The zero-order valence-electron chi connectivity index (χ0n) is 16.5. The minimum atomic E-state index is -4.05. The predicted molar refractivity (Wildman–Crippen MR) is 116 cm³/mol. The molecule has 0 aliphatic rings. The number of ether oxygens (including phenoxy) is 1. The van der Waals surface area contributed by atoms with Crippen molar-refractivity contribution in [1.82, 2.24) is 5.32 Å². The van der Waals surface area contributed by atoms with Gasteiger partial charge in [-0.05, 0) is 30.3 Å². The Morgan fingerprint density at radius 3 is 2.58 bits per heavy atom. The molecule has 0 saturated heterocycles. The zero-order valence-corrected chi connectivity index (χ0v) is 18.0. The lowest BCUT2D eigenvalue weighted by Gasteiger charge is -2.23. The summed E-state index contributed by atoms with van der Waals surface area (Å²) < 4.78 is 32.5. The molecule has 0 saturated carbocycles. The first-order valence-electron chi connectivity index (χ1n) is 9.10. The summed E-state index contributed by atoms with van der Waals surface area (Å²) in [6.45, 7) is 3.15. The second kappa shape index (κ2) is 11.2. The van der Waals surface area contributed by atoms with Gasteiger partial charge in [-0.1, -0.05) is 35.9 Å². The van der Waals surface area contributed by atoms with Gasteiger partial charge in [0.15, 0.2) is 6.61 Å². The summed E-state index contributed by atoms with van der Waals surface area (Å²) in [5.74, 6) is -1.54. The highest BCUT2D eigenvalue weighted by atomic mass is 35.5. The number of carbonyl (C=O) groups is 2. The van der Waals surface area contributed by atoms with Gasteiger partial charge in [0.25, 0.3) is 15.9 Å². The van der Waals surface area contributed by atoms with E-state index in [9.17, 15) is 18.0 Å². The number of benzene rings is 2. The number of sulfonamides is 1. The summed E-state index contributed by atoms with van der Waals surface area (Å²) in [6, 6.07) is 14.0. The van der Waals surface area contributed by atoms with Gasteiger partial charge in [-0.25, -0.2) is 13.2 Å². The Hall–Kier alpha value is -3.35. The van der Waals surface area contributed by atoms with E-state index in [4.69, 9.17) is 21.6 Å². The maximum atomic E-state index is 13.2. The summed E-state index contributed by atoms with van der Waals surface area (Å²) >= 11 is 6.05. The Morgan fingerprint density at radius 1 is 1.23 bits per heavy atom. The molecule has 0 radical (unpaired) electrons. The molecule has 2 aromatic rings. The van der Waals surface area contributed by atoms with Crippen LogP contribution in [0.15, 0.2) is 66.1 Å². The van der Waals surface area contributed by atoms with Gasteiger partial charge in [0.1, 0.15) is 0 Å². The predicted octanol–water partition coefficient (Wildman–Crippen LogP) is 2.91. The Balaban J connectivity index is 2.26. The fourth-order valence-electron chi connectivity index (χ4n) is 2.52. The van der Waals surface area contributed by atoms with Gasteiger partial charge in [0.2, 0.25) is 0 Å². The van der Waals surface area contributed by atoms with Crippen molar-refractivity contribution in [3.8, 4) is 6.07 Å². The van der Waals surface area contributed by atoms with Gasteiger partial charge in [0.05, 0.1) is 40.2 Å². The van der Waals surface area contributed by atoms with Gasteiger partial charge in [-0.3, -0.25) is 9.10 Å². The summed E-state index contributed by atoms with van der Waals surface area (Å²) in [4.78, 5) is 23.8. The Kier molecular flexibility index (Phi) is 8.61. The molecule has 10 heteroatoms. The Bertz CT molecular complexity index is 1100. The molecule has 0 unspecified atom stereocenters. The molecule has 0 spiro atoms. The summed E-state index contributed by atoms with van der Waals surface area (Å²) in [7, 11) is -4.05. The van der Waals surface area contributed by atoms with E-state index < -0.39 is 28.5 Å². The number of nitrogens with zero attached hydrogens (tertiary/aromatic N) is 2. The molecule has 0 aliphatic carbocycles. The molecule has 0 bridgehead atoms. The number of nitrogens with one attached hydrogen (secondary N) is 1. The van der Waals surface area contributed by atoms with Crippen LogP contribution in [-0.2, 0) is 19.6 Å².